The summed E-state index contributed by atoms with van der Waals surface area (Å²) in [6.07, 6.45) is 9.37. The third-order valence-corrected chi connectivity index (χ3v) is 8.96. The van der Waals surface area contributed by atoms with Crippen molar-refractivity contribution in [2.45, 2.75) is 51.0 Å². The molecule has 1 aliphatic heterocycles. The second-order valence-electron chi connectivity index (χ2n) is 10.0. The standard InChI is InChI=1S/C25H32N4O5S/c30-15-16-35(33,34)27-18-6-7-20(22(17-18)28-13-10-25(8-9-25)11-14-28)23(31)26-21-5-2-12-29(24(21)32)19-3-1-4-19/h2,5-7,12,17,19,27,30H,1,3-4,8-11,13-16H2,(H,26,31). The molecule has 2 saturated carbocycles. The zero-order chi connectivity index (χ0) is 24.6. The van der Waals surface area contributed by atoms with E-state index in [1.54, 1.807) is 35.0 Å². The molecule has 0 unspecified atom stereocenters. The van der Waals surface area contributed by atoms with Crippen LogP contribution in [0.3, 0.4) is 0 Å². The van der Waals surface area contributed by atoms with E-state index >= 15 is 0 Å². The van der Waals surface area contributed by atoms with Crippen molar-refractivity contribution >= 4 is 33.0 Å². The SMILES string of the molecule is O=C(Nc1cccn(C2CCC2)c1=O)c1ccc(NS(=O)(=O)CCO)cc1N1CCC2(CC1)CC2. The summed E-state index contributed by atoms with van der Waals surface area (Å²) in [6.45, 7) is 1.09. The number of aromatic nitrogens is 1. The van der Waals surface area contributed by atoms with Crippen LogP contribution in [0.5, 0.6) is 0 Å². The minimum absolute atomic E-state index is 0.184. The molecular formula is C25H32N4O5S. The van der Waals surface area contributed by atoms with Crippen molar-refractivity contribution in [3.05, 3.63) is 52.4 Å². The number of amides is 1. The Hall–Kier alpha value is -2.85. The van der Waals surface area contributed by atoms with Gasteiger partial charge in [-0.1, -0.05) is 0 Å². The van der Waals surface area contributed by atoms with Gasteiger partial charge in [-0.15, -0.1) is 0 Å². The number of rotatable bonds is 8. The Balaban J connectivity index is 1.43. The Kier molecular flexibility index (Phi) is 6.35. The van der Waals surface area contributed by atoms with Crippen LogP contribution in [0.1, 0.15) is 61.3 Å². The van der Waals surface area contributed by atoms with Crippen molar-refractivity contribution < 1.29 is 18.3 Å². The van der Waals surface area contributed by atoms with Gasteiger partial charge in [0.2, 0.25) is 10.0 Å². The minimum Gasteiger partial charge on any atom is -0.395 e. The minimum atomic E-state index is -3.70. The van der Waals surface area contributed by atoms with Crippen LogP contribution in [-0.2, 0) is 10.0 Å². The van der Waals surface area contributed by atoms with E-state index in [1.807, 2.05) is 0 Å². The summed E-state index contributed by atoms with van der Waals surface area (Å²) in [7, 11) is -3.70. The van der Waals surface area contributed by atoms with E-state index in [9.17, 15) is 18.0 Å². The summed E-state index contributed by atoms with van der Waals surface area (Å²) in [5, 5.41) is 11.8. The topological polar surface area (TPSA) is 121 Å². The predicted molar refractivity (Wildman–Crippen MR) is 136 cm³/mol. The molecule has 35 heavy (non-hydrogen) atoms. The Morgan fingerprint density at radius 1 is 1.11 bits per heavy atom. The Labute approximate surface area is 205 Å². The molecule has 3 fully saturated rings. The van der Waals surface area contributed by atoms with Crippen LogP contribution in [0.15, 0.2) is 41.3 Å². The summed E-state index contributed by atoms with van der Waals surface area (Å²) in [4.78, 5) is 28.4. The van der Waals surface area contributed by atoms with Crippen molar-refractivity contribution in [1.29, 1.82) is 0 Å². The maximum Gasteiger partial charge on any atom is 0.274 e. The quantitative estimate of drug-likeness (QED) is 0.513. The number of piperidine rings is 1. The lowest BCUT2D eigenvalue weighted by Gasteiger charge is -2.35. The molecule has 10 heteroatoms. The molecule has 5 rings (SSSR count). The molecule has 2 aromatic rings. The number of nitrogens with zero attached hydrogens (tertiary/aromatic N) is 2. The fraction of sp³-hybridized carbons (Fsp3) is 0.520. The Morgan fingerprint density at radius 3 is 2.49 bits per heavy atom. The maximum absolute atomic E-state index is 13.4. The van der Waals surface area contributed by atoms with Gasteiger partial charge in [-0.3, -0.25) is 14.3 Å². The Morgan fingerprint density at radius 2 is 1.86 bits per heavy atom. The van der Waals surface area contributed by atoms with E-state index in [0.717, 1.165) is 45.2 Å². The number of anilines is 3. The molecule has 1 spiro atoms. The number of nitrogens with one attached hydrogen (secondary N) is 2. The van der Waals surface area contributed by atoms with Crippen LogP contribution in [-0.4, -0.2) is 49.4 Å². The summed E-state index contributed by atoms with van der Waals surface area (Å²) in [5.74, 6) is -0.808. The van der Waals surface area contributed by atoms with Gasteiger partial charge in [-0.05, 0) is 80.7 Å². The smallest absolute Gasteiger partial charge is 0.274 e. The number of carbonyl (C=O) groups is 1. The highest BCUT2D eigenvalue weighted by molar-refractivity contribution is 7.92. The molecule has 0 bridgehead atoms. The fourth-order valence-electron chi connectivity index (χ4n) is 5.05. The molecule has 9 nitrogen and oxygen atoms in total. The number of pyridine rings is 1. The van der Waals surface area contributed by atoms with E-state index in [-0.39, 0.29) is 17.3 Å². The van der Waals surface area contributed by atoms with Crippen molar-refractivity contribution in [2.24, 2.45) is 5.41 Å². The van der Waals surface area contributed by atoms with Crippen molar-refractivity contribution in [2.75, 3.05) is 40.4 Å². The number of carbonyl (C=O) groups excluding carboxylic acids is 1. The third kappa shape index (κ3) is 5.08. The molecule has 3 N–H and O–H groups in total. The van der Waals surface area contributed by atoms with Gasteiger partial charge in [0.1, 0.15) is 5.69 Å². The largest absolute Gasteiger partial charge is 0.395 e. The molecule has 2 heterocycles. The summed E-state index contributed by atoms with van der Waals surface area (Å²) in [5.41, 5.74) is 1.82. The van der Waals surface area contributed by atoms with E-state index < -0.39 is 28.3 Å². The molecule has 1 aromatic carbocycles. The average Bonchev–Trinajstić information content (AvgIpc) is 3.54. The highest BCUT2D eigenvalue weighted by Gasteiger charge is 2.44. The van der Waals surface area contributed by atoms with E-state index in [2.05, 4.69) is 14.9 Å². The molecule has 2 aliphatic carbocycles. The first kappa shape index (κ1) is 23.9. The van der Waals surface area contributed by atoms with Crippen molar-refractivity contribution in [3.8, 4) is 0 Å². The lowest BCUT2D eigenvalue weighted by atomic mass is 9.92. The highest BCUT2D eigenvalue weighted by Crippen LogP contribution is 2.54. The fourth-order valence-corrected chi connectivity index (χ4v) is 5.87. The number of sulfonamides is 1. The first-order chi connectivity index (χ1) is 16.8. The molecule has 3 aliphatic rings. The summed E-state index contributed by atoms with van der Waals surface area (Å²) in [6, 6.07) is 8.38. The van der Waals surface area contributed by atoms with Crippen LogP contribution in [0.4, 0.5) is 17.1 Å². The van der Waals surface area contributed by atoms with Gasteiger partial charge >= 0.3 is 0 Å². The number of hydrogen-bond acceptors (Lipinski definition) is 6. The molecule has 0 radical (unpaired) electrons. The number of benzene rings is 1. The van der Waals surface area contributed by atoms with E-state index in [4.69, 9.17) is 5.11 Å². The van der Waals surface area contributed by atoms with Gasteiger partial charge in [-0.25, -0.2) is 8.42 Å². The molecule has 1 aromatic heterocycles. The maximum atomic E-state index is 13.4. The number of aliphatic hydroxyl groups is 1. The molecule has 188 valence electrons. The number of hydrogen-bond donors (Lipinski definition) is 3. The number of aliphatic hydroxyl groups excluding tert-OH is 1. The van der Waals surface area contributed by atoms with Crippen LogP contribution in [0.25, 0.3) is 0 Å². The van der Waals surface area contributed by atoms with Gasteiger partial charge < -0.3 is 19.9 Å². The molecule has 1 amide bonds. The normalized spacial score (nSPS) is 19.3. The molecule has 0 atom stereocenters. The van der Waals surface area contributed by atoms with Gasteiger partial charge in [0.25, 0.3) is 11.5 Å². The highest BCUT2D eigenvalue weighted by atomic mass is 32.2. The lowest BCUT2D eigenvalue weighted by Crippen LogP contribution is -2.36. The van der Waals surface area contributed by atoms with Gasteiger partial charge in [0.05, 0.1) is 29.3 Å². The van der Waals surface area contributed by atoms with Gasteiger partial charge in [-0.2, -0.15) is 0 Å². The van der Waals surface area contributed by atoms with Crippen LogP contribution in [0.2, 0.25) is 0 Å². The average molecular weight is 501 g/mol. The third-order valence-electron chi connectivity index (χ3n) is 7.69. The van der Waals surface area contributed by atoms with Crippen molar-refractivity contribution in [1.82, 2.24) is 4.57 Å². The Bertz CT molecular complexity index is 1270. The molecular weight excluding hydrogens is 468 g/mol. The van der Waals surface area contributed by atoms with Crippen LogP contribution < -0.4 is 20.5 Å². The zero-order valence-corrected chi connectivity index (χ0v) is 20.5. The summed E-state index contributed by atoms with van der Waals surface area (Å²) < 4.78 is 28.6. The zero-order valence-electron chi connectivity index (χ0n) is 19.7. The van der Waals surface area contributed by atoms with E-state index in [1.165, 1.54) is 18.9 Å². The lowest BCUT2D eigenvalue weighted by molar-refractivity contribution is 0.102. The van der Waals surface area contributed by atoms with E-state index in [0.29, 0.717) is 22.4 Å². The summed E-state index contributed by atoms with van der Waals surface area (Å²) >= 11 is 0. The second kappa shape index (κ2) is 9.31. The van der Waals surface area contributed by atoms with Gasteiger partial charge in [0, 0.05) is 25.3 Å². The van der Waals surface area contributed by atoms with Crippen LogP contribution >= 0.6 is 0 Å². The first-order valence-corrected chi connectivity index (χ1v) is 14.0. The van der Waals surface area contributed by atoms with Crippen molar-refractivity contribution in [3.63, 3.8) is 0 Å². The first-order valence-electron chi connectivity index (χ1n) is 12.3. The van der Waals surface area contributed by atoms with Crippen LogP contribution in [0, 0.1) is 5.41 Å². The second-order valence-corrected chi connectivity index (χ2v) is 11.9. The molecule has 1 saturated heterocycles. The predicted octanol–water partition coefficient (Wildman–Crippen LogP) is 2.94. The van der Waals surface area contributed by atoms with Gasteiger partial charge in [0.15, 0.2) is 0 Å². The monoisotopic (exact) mass is 500 g/mol.